The summed E-state index contributed by atoms with van der Waals surface area (Å²) in [7, 11) is 1.76. The van der Waals surface area contributed by atoms with E-state index in [0.29, 0.717) is 13.1 Å². The largest absolute Gasteiger partial charge is 0.633 e. The summed E-state index contributed by atoms with van der Waals surface area (Å²) in [5.74, 6) is 0.0122. The average molecular weight is 354 g/mol. The smallest absolute Gasteiger partial charge is 0.324 e. The molecule has 1 aliphatic carbocycles. The summed E-state index contributed by atoms with van der Waals surface area (Å²) in [5.41, 5.74) is 3.62. The molecular formula is C19H22N4O3. The Morgan fingerprint density at radius 2 is 2.19 bits per heavy atom. The number of nitrogens with one attached hydrogen (secondary N) is 2. The third kappa shape index (κ3) is 2.27. The van der Waals surface area contributed by atoms with Crippen LogP contribution in [0.4, 0.5) is 4.79 Å². The zero-order valence-corrected chi connectivity index (χ0v) is 14.7. The van der Waals surface area contributed by atoms with Crippen molar-refractivity contribution in [2.75, 3.05) is 26.7 Å². The molecule has 1 aromatic carbocycles. The third-order valence-corrected chi connectivity index (χ3v) is 6.37. The summed E-state index contributed by atoms with van der Waals surface area (Å²) in [6.45, 7) is 1.05. The number of amides is 3. The molecule has 7 heteroatoms. The minimum absolute atomic E-state index is 0.00851. The second-order valence-corrected chi connectivity index (χ2v) is 8.15. The lowest BCUT2D eigenvalue weighted by Crippen LogP contribution is -2.59. The van der Waals surface area contributed by atoms with Gasteiger partial charge in [0, 0.05) is 41.9 Å². The van der Waals surface area contributed by atoms with E-state index in [9.17, 15) is 14.8 Å². The second kappa shape index (κ2) is 5.31. The molecule has 3 aliphatic rings. The number of likely N-dealkylation sites (N-methyl/N-ethyl adjacent to an activating group) is 1. The summed E-state index contributed by atoms with van der Waals surface area (Å²) in [5, 5.41) is 17.0. The standard InChI is InChI=1S/C19H22N4O3/c1-23(26)10-11(8-22-9-17(24)21-19(22)25)5-14-13-3-2-4-15-18(13)12(7-20-15)6-16(14)23/h2-4,7,11,14,16,20H,5-6,8-10H2,1H3,(H,21,24,25). The third-order valence-electron chi connectivity index (χ3n) is 6.37. The lowest BCUT2D eigenvalue weighted by atomic mass is 9.72. The number of piperidine rings is 1. The summed E-state index contributed by atoms with van der Waals surface area (Å²) < 4.78 is -0.292. The quantitative estimate of drug-likeness (QED) is 0.489. The van der Waals surface area contributed by atoms with Gasteiger partial charge in [-0.25, -0.2) is 4.79 Å². The highest BCUT2D eigenvalue weighted by Gasteiger charge is 2.46. The summed E-state index contributed by atoms with van der Waals surface area (Å²) in [6.07, 6.45) is 3.70. The molecular weight excluding hydrogens is 332 g/mol. The molecule has 5 rings (SSSR count). The van der Waals surface area contributed by atoms with Crippen molar-refractivity contribution in [1.82, 2.24) is 15.2 Å². The zero-order chi connectivity index (χ0) is 18.1. The van der Waals surface area contributed by atoms with Crippen LogP contribution in [0.2, 0.25) is 0 Å². The zero-order valence-electron chi connectivity index (χ0n) is 14.7. The number of hydrogen-bond donors (Lipinski definition) is 2. The fourth-order valence-corrected chi connectivity index (χ4v) is 5.34. The van der Waals surface area contributed by atoms with E-state index in [4.69, 9.17) is 0 Å². The molecule has 0 radical (unpaired) electrons. The van der Waals surface area contributed by atoms with Gasteiger partial charge in [-0.2, -0.15) is 0 Å². The molecule has 26 heavy (non-hydrogen) atoms. The fourth-order valence-electron chi connectivity index (χ4n) is 5.34. The first-order chi connectivity index (χ1) is 12.4. The number of hydroxylamine groups is 3. The molecule has 4 atom stereocenters. The van der Waals surface area contributed by atoms with Crippen LogP contribution in [0.5, 0.6) is 0 Å². The molecule has 0 bridgehead atoms. The Labute approximate surface area is 151 Å². The number of aromatic nitrogens is 1. The van der Waals surface area contributed by atoms with Gasteiger partial charge in [-0.1, -0.05) is 12.1 Å². The minimum atomic E-state index is -0.337. The summed E-state index contributed by atoms with van der Waals surface area (Å²) >= 11 is 0. The van der Waals surface area contributed by atoms with Crippen molar-refractivity contribution >= 4 is 22.8 Å². The molecule has 7 nitrogen and oxygen atoms in total. The molecule has 1 aromatic heterocycles. The number of urea groups is 1. The highest BCUT2D eigenvalue weighted by molar-refractivity contribution is 6.01. The van der Waals surface area contributed by atoms with Crippen LogP contribution < -0.4 is 5.32 Å². The Morgan fingerprint density at radius 1 is 1.35 bits per heavy atom. The second-order valence-electron chi connectivity index (χ2n) is 8.15. The van der Waals surface area contributed by atoms with Crippen molar-refractivity contribution in [1.29, 1.82) is 0 Å². The number of carbonyl (C=O) groups is 2. The molecule has 2 fully saturated rings. The lowest BCUT2D eigenvalue weighted by Gasteiger charge is -2.55. The van der Waals surface area contributed by atoms with E-state index in [2.05, 4.69) is 22.4 Å². The molecule has 3 amide bonds. The molecule has 2 aromatic rings. The number of imide groups is 1. The molecule has 136 valence electrons. The van der Waals surface area contributed by atoms with Gasteiger partial charge in [0.1, 0.15) is 6.54 Å². The van der Waals surface area contributed by atoms with Gasteiger partial charge in [-0.15, -0.1) is 0 Å². The van der Waals surface area contributed by atoms with Crippen LogP contribution in [-0.4, -0.2) is 59.2 Å². The van der Waals surface area contributed by atoms with Crippen molar-refractivity contribution < 1.29 is 14.2 Å². The van der Waals surface area contributed by atoms with Crippen molar-refractivity contribution in [3.63, 3.8) is 0 Å². The Balaban J connectivity index is 1.48. The monoisotopic (exact) mass is 354 g/mol. The van der Waals surface area contributed by atoms with Crippen LogP contribution in [-0.2, 0) is 11.2 Å². The number of H-pyrrole nitrogens is 1. The lowest BCUT2D eigenvalue weighted by molar-refractivity contribution is -0.897. The van der Waals surface area contributed by atoms with Crippen LogP contribution in [0, 0.1) is 11.1 Å². The van der Waals surface area contributed by atoms with Gasteiger partial charge in [0.05, 0.1) is 19.6 Å². The maximum absolute atomic E-state index is 13.4. The van der Waals surface area contributed by atoms with E-state index < -0.39 is 0 Å². The van der Waals surface area contributed by atoms with Crippen molar-refractivity contribution in [3.8, 4) is 0 Å². The minimum Gasteiger partial charge on any atom is -0.633 e. The van der Waals surface area contributed by atoms with Gasteiger partial charge >= 0.3 is 6.03 Å². The van der Waals surface area contributed by atoms with Crippen molar-refractivity contribution in [2.45, 2.75) is 24.8 Å². The maximum Gasteiger partial charge on any atom is 0.324 e. The molecule has 0 spiro atoms. The fraction of sp³-hybridized carbons (Fsp3) is 0.474. The van der Waals surface area contributed by atoms with Gasteiger partial charge in [0.15, 0.2) is 0 Å². The molecule has 4 unspecified atom stereocenters. The average Bonchev–Trinajstić information content (AvgIpc) is 3.13. The number of carbonyl (C=O) groups excluding carboxylic acids is 2. The normalized spacial score (nSPS) is 33.5. The summed E-state index contributed by atoms with van der Waals surface area (Å²) in [4.78, 5) is 28.2. The first-order valence-electron chi connectivity index (χ1n) is 9.16. The first-order valence-corrected chi connectivity index (χ1v) is 9.16. The number of quaternary nitrogens is 1. The van der Waals surface area contributed by atoms with E-state index in [1.54, 1.807) is 11.9 Å². The highest BCUT2D eigenvalue weighted by Crippen LogP contribution is 2.46. The van der Waals surface area contributed by atoms with Crippen LogP contribution >= 0.6 is 0 Å². The van der Waals surface area contributed by atoms with Crippen LogP contribution in [0.3, 0.4) is 0 Å². The number of likely N-dealkylation sites (tertiary alicyclic amines) is 1. The van der Waals surface area contributed by atoms with Gasteiger partial charge in [-0.3, -0.25) is 10.1 Å². The Kier molecular flexibility index (Phi) is 3.24. The van der Waals surface area contributed by atoms with Gasteiger partial charge < -0.3 is 19.7 Å². The van der Waals surface area contributed by atoms with Crippen LogP contribution in [0.15, 0.2) is 24.4 Å². The first kappa shape index (κ1) is 15.8. The maximum atomic E-state index is 13.4. The predicted octanol–water partition coefficient (Wildman–Crippen LogP) is 1.69. The highest BCUT2D eigenvalue weighted by atomic mass is 16.5. The Bertz CT molecular complexity index is 919. The van der Waals surface area contributed by atoms with Gasteiger partial charge in [0.25, 0.3) is 0 Å². The van der Waals surface area contributed by atoms with E-state index in [0.717, 1.165) is 18.4 Å². The number of hydrogen-bond acceptors (Lipinski definition) is 3. The predicted molar refractivity (Wildman–Crippen MR) is 96.2 cm³/mol. The van der Waals surface area contributed by atoms with E-state index in [1.807, 2.05) is 12.3 Å². The summed E-state index contributed by atoms with van der Waals surface area (Å²) in [6, 6.07) is 5.94. The van der Waals surface area contributed by atoms with Crippen molar-refractivity contribution in [3.05, 3.63) is 40.7 Å². The van der Waals surface area contributed by atoms with Crippen LogP contribution in [0.1, 0.15) is 23.5 Å². The van der Waals surface area contributed by atoms with Gasteiger partial charge in [0.2, 0.25) is 5.91 Å². The Hall–Kier alpha value is -2.38. The number of aromatic amines is 1. The van der Waals surface area contributed by atoms with Crippen molar-refractivity contribution in [2.24, 2.45) is 5.92 Å². The van der Waals surface area contributed by atoms with E-state index in [-0.39, 0.29) is 41.0 Å². The molecule has 2 aliphatic heterocycles. The molecule has 2 saturated heterocycles. The molecule has 2 N–H and O–H groups in total. The number of benzene rings is 1. The molecule has 3 heterocycles. The van der Waals surface area contributed by atoms with E-state index >= 15 is 0 Å². The van der Waals surface area contributed by atoms with Crippen LogP contribution in [0.25, 0.3) is 10.9 Å². The Morgan fingerprint density at radius 3 is 2.96 bits per heavy atom. The number of nitrogens with zero attached hydrogens (tertiary/aromatic N) is 2. The number of fused-ring (bicyclic) bond motifs is 2. The van der Waals surface area contributed by atoms with E-state index in [1.165, 1.54) is 16.5 Å². The molecule has 0 saturated carbocycles. The topological polar surface area (TPSA) is 88.3 Å². The number of rotatable bonds is 2. The van der Waals surface area contributed by atoms with Gasteiger partial charge in [-0.05, 0) is 23.6 Å². The SMILES string of the molecule is C[N+]1([O-])CC(CN2CC(=O)NC2=O)CC2c3cccc4[nH]cc(c34)CC21.